The number of hydrogen-bond donors (Lipinski definition) is 3. The molecule has 0 aliphatic heterocycles. The smallest absolute Gasteiger partial charge is 0.319 e. The van der Waals surface area contributed by atoms with Gasteiger partial charge in [0.05, 0.1) is 11.9 Å². The molecule has 3 N–H and O–H groups in total. The Balaban J connectivity index is 2.25. The van der Waals surface area contributed by atoms with E-state index < -0.39 is 5.97 Å². The monoisotopic (exact) mass is 268 g/mol. The van der Waals surface area contributed by atoms with Gasteiger partial charge in [0, 0.05) is 25.7 Å². The molecule has 0 bridgehead atoms. The number of carboxylic acids is 1. The van der Waals surface area contributed by atoms with E-state index in [0.29, 0.717) is 18.7 Å². The fourth-order valence-electron chi connectivity index (χ4n) is 1.52. The molecule has 7 heteroatoms. The fraction of sp³-hybridized carbons (Fsp3) is 0.583. The van der Waals surface area contributed by atoms with Gasteiger partial charge in [-0.15, -0.1) is 0 Å². The summed E-state index contributed by atoms with van der Waals surface area (Å²) < 4.78 is 1.71. The van der Waals surface area contributed by atoms with Gasteiger partial charge in [-0.1, -0.05) is 6.92 Å². The second-order valence-electron chi connectivity index (χ2n) is 4.46. The standard InChI is InChI=1S/C12H20N4O3/c1-3-16-8-10(7-14-16)15-12(19)13-6-9(2)4-5-11(17)18/h7-9H,3-6H2,1-2H3,(H,17,18)(H2,13,15,19). The highest BCUT2D eigenvalue weighted by atomic mass is 16.4. The maximum absolute atomic E-state index is 11.6. The lowest BCUT2D eigenvalue weighted by Gasteiger charge is -2.11. The molecule has 1 rings (SSSR count). The van der Waals surface area contributed by atoms with Gasteiger partial charge in [-0.25, -0.2) is 4.79 Å². The van der Waals surface area contributed by atoms with Crippen LogP contribution in [0.4, 0.5) is 10.5 Å². The maximum atomic E-state index is 11.6. The van der Waals surface area contributed by atoms with E-state index in [-0.39, 0.29) is 18.4 Å². The molecular formula is C12H20N4O3. The van der Waals surface area contributed by atoms with Crippen molar-refractivity contribution in [3.8, 4) is 0 Å². The number of amides is 2. The summed E-state index contributed by atoms with van der Waals surface area (Å²) in [6.45, 7) is 5.05. The SMILES string of the molecule is CCn1cc(NC(=O)NCC(C)CCC(=O)O)cn1. The number of nitrogens with zero attached hydrogens (tertiary/aromatic N) is 2. The van der Waals surface area contributed by atoms with Crippen LogP contribution in [-0.2, 0) is 11.3 Å². The number of carboxylic acid groups (broad SMARTS) is 1. The predicted molar refractivity (Wildman–Crippen MR) is 71.0 cm³/mol. The highest BCUT2D eigenvalue weighted by Gasteiger charge is 2.08. The van der Waals surface area contributed by atoms with Crippen molar-refractivity contribution >= 4 is 17.7 Å². The average molecular weight is 268 g/mol. The Labute approximate surface area is 112 Å². The lowest BCUT2D eigenvalue weighted by Crippen LogP contribution is -2.32. The maximum Gasteiger partial charge on any atom is 0.319 e. The van der Waals surface area contributed by atoms with E-state index in [4.69, 9.17) is 5.11 Å². The number of aromatic nitrogens is 2. The van der Waals surface area contributed by atoms with Gasteiger partial charge in [-0.05, 0) is 19.3 Å². The Kier molecular flexibility index (Phi) is 5.84. The van der Waals surface area contributed by atoms with Crippen molar-refractivity contribution in [2.45, 2.75) is 33.2 Å². The van der Waals surface area contributed by atoms with Gasteiger partial charge in [0.15, 0.2) is 0 Å². The lowest BCUT2D eigenvalue weighted by molar-refractivity contribution is -0.137. The third-order valence-electron chi connectivity index (χ3n) is 2.68. The van der Waals surface area contributed by atoms with Crippen molar-refractivity contribution < 1.29 is 14.7 Å². The number of urea groups is 1. The third kappa shape index (κ3) is 5.89. The first-order chi connectivity index (χ1) is 9.01. The van der Waals surface area contributed by atoms with E-state index in [0.717, 1.165) is 6.54 Å². The summed E-state index contributed by atoms with van der Waals surface area (Å²) in [5.41, 5.74) is 0.637. The van der Waals surface area contributed by atoms with Gasteiger partial charge < -0.3 is 15.7 Å². The van der Waals surface area contributed by atoms with Gasteiger partial charge in [0.1, 0.15) is 0 Å². The van der Waals surface area contributed by atoms with Crippen molar-refractivity contribution in [3.05, 3.63) is 12.4 Å². The fourth-order valence-corrected chi connectivity index (χ4v) is 1.52. The molecule has 0 aliphatic carbocycles. The second-order valence-corrected chi connectivity index (χ2v) is 4.46. The minimum atomic E-state index is -0.816. The van der Waals surface area contributed by atoms with E-state index in [1.54, 1.807) is 17.1 Å². The summed E-state index contributed by atoms with van der Waals surface area (Å²) >= 11 is 0. The summed E-state index contributed by atoms with van der Waals surface area (Å²) in [7, 11) is 0. The number of rotatable bonds is 7. The van der Waals surface area contributed by atoms with E-state index in [9.17, 15) is 9.59 Å². The van der Waals surface area contributed by atoms with Crippen molar-refractivity contribution in [3.63, 3.8) is 0 Å². The molecule has 0 radical (unpaired) electrons. The highest BCUT2D eigenvalue weighted by molar-refractivity contribution is 5.88. The van der Waals surface area contributed by atoms with Crippen LogP contribution in [-0.4, -0.2) is 33.4 Å². The van der Waals surface area contributed by atoms with Gasteiger partial charge in [-0.3, -0.25) is 9.48 Å². The number of carbonyl (C=O) groups excluding carboxylic acids is 1. The Bertz CT molecular complexity index is 430. The number of nitrogens with one attached hydrogen (secondary N) is 2. The third-order valence-corrected chi connectivity index (χ3v) is 2.68. The van der Waals surface area contributed by atoms with E-state index >= 15 is 0 Å². The Morgan fingerprint density at radius 3 is 2.84 bits per heavy atom. The molecule has 19 heavy (non-hydrogen) atoms. The average Bonchev–Trinajstić information content (AvgIpc) is 2.81. The lowest BCUT2D eigenvalue weighted by atomic mass is 10.1. The van der Waals surface area contributed by atoms with Crippen LogP contribution in [0.5, 0.6) is 0 Å². The summed E-state index contributed by atoms with van der Waals surface area (Å²) in [6, 6.07) is -0.308. The number of anilines is 1. The molecular weight excluding hydrogens is 248 g/mol. The molecule has 1 unspecified atom stereocenters. The highest BCUT2D eigenvalue weighted by Crippen LogP contribution is 2.06. The zero-order valence-corrected chi connectivity index (χ0v) is 11.2. The van der Waals surface area contributed by atoms with Crippen LogP contribution in [0.25, 0.3) is 0 Å². The normalized spacial score (nSPS) is 11.9. The molecule has 0 fully saturated rings. The van der Waals surface area contributed by atoms with Crippen LogP contribution in [0, 0.1) is 5.92 Å². The predicted octanol–water partition coefficient (Wildman–Crippen LogP) is 1.53. The molecule has 7 nitrogen and oxygen atoms in total. The Morgan fingerprint density at radius 2 is 2.26 bits per heavy atom. The molecule has 0 spiro atoms. The first-order valence-corrected chi connectivity index (χ1v) is 6.30. The summed E-state index contributed by atoms with van der Waals surface area (Å²) in [5, 5.41) is 18.0. The first kappa shape index (κ1) is 15.0. The summed E-state index contributed by atoms with van der Waals surface area (Å²) in [4.78, 5) is 22.0. The van der Waals surface area contributed by atoms with Crippen LogP contribution in [0.15, 0.2) is 12.4 Å². The molecule has 1 aromatic heterocycles. The zero-order chi connectivity index (χ0) is 14.3. The van der Waals surface area contributed by atoms with Crippen LogP contribution >= 0.6 is 0 Å². The molecule has 0 saturated carbocycles. The van der Waals surface area contributed by atoms with Crippen molar-refractivity contribution in [2.24, 2.45) is 5.92 Å². The Hall–Kier alpha value is -2.05. The van der Waals surface area contributed by atoms with Crippen LogP contribution in [0.3, 0.4) is 0 Å². The van der Waals surface area contributed by atoms with Crippen molar-refractivity contribution in [1.29, 1.82) is 0 Å². The second kappa shape index (κ2) is 7.40. The molecule has 106 valence electrons. The van der Waals surface area contributed by atoms with Gasteiger partial charge in [0.2, 0.25) is 0 Å². The number of aryl methyl sites for hydroxylation is 1. The zero-order valence-electron chi connectivity index (χ0n) is 11.2. The molecule has 1 aromatic rings. The molecule has 0 saturated heterocycles. The number of carbonyl (C=O) groups is 2. The minimum Gasteiger partial charge on any atom is -0.481 e. The number of aliphatic carboxylic acids is 1. The minimum absolute atomic E-state index is 0.119. The number of hydrogen-bond acceptors (Lipinski definition) is 3. The van der Waals surface area contributed by atoms with Crippen molar-refractivity contribution in [1.82, 2.24) is 15.1 Å². The van der Waals surface area contributed by atoms with Crippen LogP contribution in [0.1, 0.15) is 26.7 Å². The molecule has 1 heterocycles. The molecule has 0 aliphatic rings. The van der Waals surface area contributed by atoms with Gasteiger partial charge >= 0.3 is 12.0 Å². The van der Waals surface area contributed by atoms with E-state index in [1.807, 2.05) is 13.8 Å². The molecule has 1 atom stereocenters. The van der Waals surface area contributed by atoms with Crippen LogP contribution < -0.4 is 10.6 Å². The molecule has 0 aromatic carbocycles. The summed E-state index contributed by atoms with van der Waals surface area (Å²) in [6.07, 6.45) is 3.99. The van der Waals surface area contributed by atoms with Gasteiger partial charge in [0.25, 0.3) is 0 Å². The summed E-state index contributed by atoms with van der Waals surface area (Å²) in [5.74, 6) is -0.691. The quantitative estimate of drug-likeness (QED) is 0.698. The van der Waals surface area contributed by atoms with Gasteiger partial charge in [-0.2, -0.15) is 5.10 Å². The molecule has 2 amide bonds. The largest absolute Gasteiger partial charge is 0.481 e. The van der Waals surface area contributed by atoms with E-state index in [2.05, 4.69) is 15.7 Å². The Morgan fingerprint density at radius 1 is 1.53 bits per heavy atom. The van der Waals surface area contributed by atoms with E-state index in [1.165, 1.54) is 0 Å². The van der Waals surface area contributed by atoms with Crippen LogP contribution in [0.2, 0.25) is 0 Å². The first-order valence-electron chi connectivity index (χ1n) is 6.30. The van der Waals surface area contributed by atoms with Crippen molar-refractivity contribution in [2.75, 3.05) is 11.9 Å². The topological polar surface area (TPSA) is 96.2 Å².